The zero-order chi connectivity index (χ0) is 11.8. The lowest BCUT2D eigenvalue weighted by Crippen LogP contribution is -2.23. The number of nitrogens with zero attached hydrogens (tertiary/aromatic N) is 1. The average Bonchev–Trinajstić information content (AvgIpc) is 2.73. The molecular formula is C14H15FN2. The van der Waals surface area contributed by atoms with E-state index in [1.165, 1.54) is 11.6 Å². The molecule has 0 atom stereocenters. The summed E-state index contributed by atoms with van der Waals surface area (Å²) in [5.41, 5.74) is 3.47. The van der Waals surface area contributed by atoms with Gasteiger partial charge in [-0.25, -0.2) is 4.39 Å². The summed E-state index contributed by atoms with van der Waals surface area (Å²) in [7, 11) is 2.11. The quantitative estimate of drug-likeness (QED) is 0.797. The topological polar surface area (TPSA) is 19.0 Å². The summed E-state index contributed by atoms with van der Waals surface area (Å²) in [6.07, 6.45) is 5.25. The van der Waals surface area contributed by atoms with Gasteiger partial charge in [-0.1, -0.05) is 6.08 Å². The van der Waals surface area contributed by atoms with Gasteiger partial charge in [-0.3, -0.25) is 0 Å². The highest BCUT2D eigenvalue weighted by atomic mass is 19.1. The molecule has 1 aliphatic heterocycles. The Morgan fingerprint density at radius 2 is 2.24 bits per heavy atom. The molecule has 0 aliphatic carbocycles. The SMILES string of the molecule is CN1CC=C(c2c[nH]c3ccc(F)cc23)CC1. The maximum absolute atomic E-state index is 13.3. The third kappa shape index (κ3) is 1.87. The predicted octanol–water partition coefficient (Wildman–Crippen LogP) is 3.03. The number of hydrogen-bond donors (Lipinski definition) is 1. The van der Waals surface area contributed by atoms with E-state index in [1.807, 2.05) is 6.20 Å². The lowest BCUT2D eigenvalue weighted by atomic mass is 9.99. The van der Waals surface area contributed by atoms with Gasteiger partial charge in [-0.05, 0) is 37.2 Å². The second-order valence-corrected chi connectivity index (χ2v) is 4.63. The van der Waals surface area contributed by atoms with Crippen molar-refractivity contribution >= 4 is 16.5 Å². The maximum atomic E-state index is 13.3. The van der Waals surface area contributed by atoms with E-state index >= 15 is 0 Å². The van der Waals surface area contributed by atoms with Crippen LogP contribution in [0.4, 0.5) is 4.39 Å². The zero-order valence-corrected chi connectivity index (χ0v) is 9.83. The Balaban J connectivity index is 2.08. The molecule has 1 N–H and O–H groups in total. The summed E-state index contributed by atoms with van der Waals surface area (Å²) in [6.45, 7) is 2.03. The molecule has 2 heterocycles. The fourth-order valence-electron chi connectivity index (χ4n) is 2.37. The molecule has 3 heteroatoms. The van der Waals surface area contributed by atoms with Gasteiger partial charge in [0.15, 0.2) is 0 Å². The van der Waals surface area contributed by atoms with E-state index in [0.717, 1.165) is 36.0 Å². The Bertz CT molecular complexity index is 583. The first-order valence-corrected chi connectivity index (χ1v) is 5.88. The molecule has 17 heavy (non-hydrogen) atoms. The molecule has 0 saturated heterocycles. The minimum absolute atomic E-state index is 0.174. The molecule has 0 radical (unpaired) electrons. The molecule has 88 valence electrons. The van der Waals surface area contributed by atoms with Crippen LogP contribution >= 0.6 is 0 Å². The fraction of sp³-hybridized carbons (Fsp3) is 0.286. The van der Waals surface area contributed by atoms with E-state index in [1.54, 1.807) is 12.1 Å². The molecule has 1 aromatic carbocycles. The van der Waals surface area contributed by atoms with Crippen molar-refractivity contribution in [1.82, 2.24) is 9.88 Å². The first-order valence-electron chi connectivity index (χ1n) is 5.88. The first kappa shape index (κ1) is 10.5. The van der Waals surface area contributed by atoms with Crippen LogP contribution in [-0.2, 0) is 0 Å². The molecule has 1 aliphatic rings. The van der Waals surface area contributed by atoms with E-state index in [2.05, 4.69) is 23.0 Å². The van der Waals surface area contributed by atoms with E-state index in [0.29, 0.717) is 0 Å². The van der Waals surface area contributed by atoms with Gasteiger partial charge in [0.2, 0.25) is 0 Å². The Labute approximate surface area is 99.7 Å². The van der Waals surface area contributed by atoms with E-state index < -0.39 is 0 Å². The van der Waals surface area contributed by atoms with Crippen LogP contribution < -0.4 is 0 Å². The molecular weight excluding hydrogens is 215 g/mol. The molecule has 0 fully saturated rings. The molecule has 0 saturated carbocycles. The third-order valence-electron chi connectivity index (χ3n) is 3.40. The minimum atomic E-state index is -0.174. The smallest absolute Gasteiger partial charge is 0.123 e. The summed E-state index contributed by atoms with van der Waals surface area (Å²) in [4.78, 5) is 5.48. The van der Waals surface area contributed by atoms with Crippen molar-refractivity contribution in [3.63, 3.8) is 0 Å². The number of benzene rings is 1. The normalized spacial score (nSPS) is 17.4. The molecule has 3 rings (SSSR count). The van der Waals surface area contributed by atoms with Gasteiger partial charge in [0.1, 0.15) is 5.82 Å². The molecule has 0 unspecified atom stereocenters. The number of nitrogens with one attached hydrogen (secondary N) is 1. The predicted molar refractivity (Wildman–Crippen MR) is 68.3 cm³/mol. The summed E-state index contributed by atoms with van der Waals surface area (Å²) >= 11 is 0. The highest BCUT2D eigenvalue weighted by Crippen LogP contribution is 2.29. The Morgan fingerprint density at radius 3 is 3.00 bits per heavy atom. The highest BCUT2D eigenvalue weighted by molar-refractivity contribution is 5.92. The number of halogens is 1. The van der Waals surface area contributed by atoms with Crippen molar-refractivity contribution in [2.24, 2.45) is 0 Å². The molecule has 0 amide bonds. The highest BCUT2D eigenvalue weighted by Gasteiger charge is 2.13. The minimum Gasteiger partial charge on any atom is -0.361 e. The van der Waals surface area contributed by atoms with Crippen molar-refractivity contribution in [2.45, 2.75) is 6.42 Å². The van der Waals surface area contributed by atoms with E-state index in [9.17, 15) is 4.39 Å². The monoisotopic (exact) mass is 230 g/mol. The van der Waals surface area contributed by atoms with Crippen LogP contribution in [0.15, 0.2) is 30.5 Å². The number of fused-ring (bicyclic) bond motifs is 1. The molecule has 2 nitrogen and oxygen atoms in total. The van der Waals surface area contributed by atoms with Gasteiger partial charge < -0.3 is 9.88 Å². The lowest BCUT2D eigenvalue weighted by Gasteiger charge is -2.21. The molecule has 2 aromatic rings. The van der Waals surface area contributed by atoms with Gasteiger partial charge >= 0.3 is 0 Å². The number of aromatic nitrogens is 1. The van der Waals surface area contributed by atoms with Crippen LogP contribution in [0.5, 0.6) is 0 Å². The van der Waals surface area contributed by atoms with Crippen LogP contribution in [0.2, 0.25) is 0 Å². The van der Waals surface area contributed by atoms with Crippen LogP contribution in [0.25, 0.3) is 16.5 Å². The van der Waals surface area contributed by atoms with Crippen LogP contribution in [-0.4, -0.2) is 30.0 Å². The fourth-order valence-corrected chi connectivity index (χ4v) is 2.37. The second kappa shape index (κ2) is 4.00. The standard InChI is InChI=1S/C14H15FN2/c1-17-6-4-10(5-7-17)13-9-16-14-3-2-11(15)8-12(13)14/h2-4,8-9,16H,5-7H2,1H3. The van der Waals surface area contributed by atoms with Crippen molar-refractivity contribution < 1.29 is 4.39 Å². The summed E-state index contributed by atoms with van der Waals surface area (Å²) in [5, 5.41) is 0.987. The average molecular weight is 230 g/mol. The Kier molecular flexibility index (Phi) is 2.48. The van der Waals surface area contributed by atoms with Crippen molar-refractivity contribution in [3.8, 4) is 0 Å². The maximum Gasteiger partial charge on any atom is 0.123 e. The number of aromatic amines is 1. The van der Waals surface area contributed by atoms with Crippen LogP contribution in [0, 0.1) is 5.82 Å². The van der Waals surface area contributed by atoms with E-state index in [-0.39, 0.29) is 5.82 Å². The van der Waals surface area contributed by atoms with Gasteiger partial charge in [-0.15, -0.1) is 0 Å². The van der Waals surface area contributed by atoms with Gasteiger partial charge in [-0.2, -0.15) is 0 Å². The second-order valence-electron chi connectivity index (χ2n) is 4.63. The van der Waals surface area contributed by atoms with E-state index in [4.69, 9.17) is 0 Å². The summed E-state index contributed by atoms with van der Waals surface area (Å²) in [5.74, 6) is -0.174. The molecule has 1 aromatic heterocycles. The number of hydrogen-bond acceptors (Lipinski definition) is 1. The van der Waals surface area contributed by atoms with Crippen molar-refractivity contribution in [1.29, 1.82) is 0 Å². The Morgan fingerprint density at radius 1 is 1.35 bits per heavy atom. The zero-order valence-electron chi connectivity index (χ0n) is 9.83. The molecule has 0 bridgehead atoms. The van der Waals surface area contributed by atoms with Crippen LogP contribution in [0.1, 0.15) is 12.0 Å². The van der Waals surface area contributed by atoms with Crippen molar-refractivity contribution in [3.05, 3.63) is 41.9 Å². The summed E-state index contributed by atoms with van der Waals surface area (Å²) < 4.78 is 13.3. The van der Waals surface area contributed by atoms with Gasteiger partial charge in [0.05, 0.1) is 0 Å². The van der Waals surface area contributed by atoms with Gasteiger partial charge in [0.25, 0.3) is 0 Å². The number of likely N-dealkylation sites (N-methyl/N-ethyl adjacent to an activating group) is 1. The van der Waals surface area contributed by atoms with Gasteiger partial charge in [0, 0.05) is 35.8 Å². The molecule has 0 spiro atoms. The largest absolute Gasteiger partial charge is 0.361 e. The summed E-state index contributed by atoms with van der Waals surface area (Å²) in [6, 6.07) is 4.90. The first-order chi connectivity index (χ1) is 8.24. The lowest BCUT2D eigenvalue weighted by molar-refractivity contribution is 0.370. The Hall–Kier alpha value is -1.61. The number of H-pyrrole nitrogens is 1. The third-order valence-corrected chi connectivity index (χ3v) is 3.40. The van der Waals surface area contributed by atoms with Crippen LogP contribution in [0.3, 0.4) is 0 Å². The number of rotatable bonds is 1. The van der Waals surface area contributed by atoms with Crippen molar-refractivity contribution in [2.75, 3.05) is 20.1 Å².